The van der Waals surface area contributed by atoms with Crippen molar-refractivity contribution in [1.82, 2.24) is 0 Å². The van der Waals surface area contributed by atoms with E-state index >= 15 is 0 Å². The molecule has 2 aromatic carbocycles. The minimum atomic E-state index is -0.0141. The van der Waals surface area contributed by atoms with Gasteiger partial charge in [-0.2, -0.15) is 0 Å². The number of ether oxygens (including phenoxy) is 3. The average molecular weight is 296 g/mol. The fourth-order valence-electron chi connectivity index (χ4n) is 2.34. The van der Waals surface area contributed by atoms with E-state index in [1.807, 2.05) is 30.3 Å². The summed E-state index contributed by atoms with van der Waals surface area (Å²) >= 11 is 0. The molecule has 0 atom stereocenters. The van der Waals surface area contributed by atoms with Crippen LogP contribution in [0.2, 0.25) is 0 Å². The molecule has 1 aliphatic heterocycles. The summed E-state index contributed by atoms with van der Waals surface area (Å²) in [5.74, 6) is 2.01. The summed E-state index contributed by atoms with van der Waals surface area (Å²) < 4.78 is 15.9. The van der Waals surface area contributed by atoms with Gasteiger partial charge in [0.25, 0.3) is 0 Å². The molecule has 0 spiro atoms. The van der Waals surface area contributed by atoms with Crippen molar-refractivity contribution in [2.24, 2.45) is 0 Å². The van der Waals surface area contributed by atoms with E-state index in [0.29, 0.717) is 22.6 Å². The predicted octanol–water partition coefficient (Wildman–Crippen LogP) is 3.36. The van der Waals surface area contributed by atoms with Crippen LogP contribution in [0, 0.1) is 0 Å². The van der Waals surface area contributed by atoms with E-state index in [4.69, 9.17) is 14.2 Å². The first-order valence-electron chi connectivity index (χ1n) is 6.91. The molecule has 0 aliphatic carbocycles. The third kappa shape index (κ3) is 2.68. The zero-order valence-electron chi connectivity index (χ0n) is 12.5. The molecule has 112 valence electrons. The summed E-state index contributed by atoms with van der Waals surface area (Å²) in [4.78, 5) is 12.5. The smallest absolute Gasteiger partial charge is 0.196 e. The molecule has 4 heteroatoms. The van der Waals surface area contributed by atoms with E-state index in [0.717, 1.165) is 11.3 Å². The number of fused-ring (bicyclic) bond motifs is 1. The predicted molar refractivity (Wildman–Crippen MR) is 83.8 cm³/mol. The van der Waals surface area contributed by atoms with E-state index in [9.17, 15) is 4.79 Å². The van der Waals surface area contributed by atoms with Gasteiger partial charge in [0.15, 0.2) is 5.78 Å². The average Bonchev–Trinajstić information content (AvgIpc) is 2.57. The Morgan fingerprint density at radius 3 is 2.36 bits per heavy atom. The second kappa shape index (κ2) is 5.93. The molecule has 1 aliphatic rings. The molecule has 0 saturated heterocycles. The summed E-state index contributed by atoms with van der Waals surface area (Å²) in [5.41, 5.74) is 2.12. The second-order valence-corrected chi connectivity index (χ2v) is 4.92. The third-order valence-corrected chi connectivity index (χ3v) is 3.56. The maximum atomic E-state index is 12.5. The number of hydrogen-bond donors (Lipinski definition) is 0. The molecular formula is C18H16O4. The third-order valence-electron chi connectivity index (χ3n) is 3.56. The molecule has 0 amide bonds. The van der Waals surface area contributed by atoms with E-state index in [1.54, 1.807) is 32.4 Å². The summed E-state index contributed by atoms with van der Waals surface area (Å²) in [6.45, 7) is 0.255. The Morgan fingerprint density at radius 1 is 1.00 bits per heavy atom. The van der Waals surface area contributed by atoms with Gasteiger partial charge in [-0.05, 0) is 35.9 Å². The van der Waals surface area contributed by atoms with Crippen LogP contribution in [0.15, 0.2) is 48.0 Å². The first-order valence-corrected chi connectivity index (χ1v) is 6.91. The van der Waals surface area contributed by atoms with Gasteiger partial charge >= 0.3 is 0 Å². The highest BCUT2D eigenvalue weighted by molar-refractivity contribution is 6.14. The molecule has 3 rings (SSSR count). The number of carbonyl (C=O) groups excluding carboxylic acids is 1. The summed E-state index contributed by atoms with van der Waals surface area (Å²) in [7, 11) is 3.21. The number of ketones is 1. The maximum absolute atomic E-state index is 12.5. The van der Waals surface area contributed by atoms with Gasteiger partial charge in [-0.3, -0.25) is 4.79 Å². The van der Waals surface area contributed by atoms with E-state index < -0.39 is 0 Å². The first-order chi connectivity index (χ1) is 10.7. The number of rotatable bonds is 3. The summed E-state index contributed by atoms with van der Waals surface area (Å²) in [6, 6.07) is 12.8. The van der Waals surface area contributed by atoms with Gasteiger partial charge in [0.1, 0.15) is 23.9 Å². The van der Waals surface area contributed by atoms with Gasteiger partial charge in [-0.15, -0.1) is 0 Å². The van der Waals surface area contributed by atoms with Crippen molar-refractivity contribution in [3.63, 3.8) is 0 Å². The Kier molecular flexibility index (Phi) is 3.83. The molecule has 4 nitrogen and oxygen atoms in total. The number of methoxy groups -OCH3 is 2. The molecule has 0 bridgehead atoms. The Bertz CT molecular complexity index is 729. The zero-order chi connectivity index (χ0) is 15.5. The Labute approximate surface area is 128 Å². The van der Waals surface area contributed by atoms with E-state index in [1.165, 1.54) is 0 Å². The fourth-order valence-corrected chi connectivity index (χ4v) is 2.34. The van der Waals surface area contributed by atoms with Crippen LogP contribution in [-0.4, -0.2) is 26.6 Å². The van der Waals surface area contributed by atoms with Gasteiger partial charge in [-0.1, -0.05) is 12.1 Å². The van der Waals surface area contributed by atoms with Crippen molar-refractivity contribution in [3.8, 4) is 17.2 Å². The lowest BCUT2D eigenvalue weighted by atomic mass is 9.98. The number of carbonyl (C=O) groups is 1. The SMILES string of the molecule is COc1ccc(/C=C2\COc3cc(OC)ccc3C2=O)cc1. The Balaban J connectivity index is 1.89. The van der Waals surface area contributed by atoms with Crippen LogP contribution in [-0.2, 0) is 0 Å². The normalized spacial score (nSPS) is 15.2. The summed E-state index contributed by atoms with van der Waals surface area (Å²) in [6.07, 6.45) is 1.84. The van der Waals surface area contributed by atoms with Crippen LogP contribution in [0.25, 0.3) is 6.08 Å². The molecule has 0 unspecified atom stereocenters. The fraction of sp³-hybridized carbons (Fsp3) is 0.167. The standard InChI is InChI=1S/C18H16O4/c1-20-14-5-3-12(4-6-14)9-13-11-22-17-10-15(21-2)7-8-16(17)18(13)19/h3-10H,11H2,1-2H3/b13-9+. The van der Waals surface area contributed by atoms with Crippen LogP contribution in [0.5, 0.6) is 17.2 Å². The molecule has 0 saturated carbocycles. The molecular weight excluding hydrogens is 280 g/mol. The number of benzene rings is 2. The van der Waals surface area contributed by atoms with E-state index in [-0.39, 0.29) is 12.4 Å². The van der Waals surface area contributed by atoms with Gasteiger partial charge in [0.2, 0.25) is 0 Å². The highest BCUT2D eigenvalue weighted by Gasteiger charge is 2.23. The Hall–Kier alpha value is -2.75. The van der Waals surface area contributed by atoms with Crippen LogP contribution < -0.4 is 14.2 Å². The van der Waals surface area contributed by atoms with Crippen LogP contribution in [0.1, 0.15) is 15.9 Å². The van der Waals surface area contributed by atoms with Crippen molar-refractivity contribution in [3.05, 3.63) is 59.2 Å². The number of hydrogen-bond acceptors (Lipinski definition) is 4. The molecule has 0 radical (unpaired) electrons. The first kappa shape index (κ1) is 14.2. The highest BCUT2D eigenvalue weighted by atomic mass is 16.5. The lowest BCUT2D eigenvalue weighted by molar-refractivity contribution is 0.100. The second-order valence-electron chi connectivity index (χ2n) is 4.92. The quantitative estimate of drug-likeness (QED) is 0.815. The highest BCUT2D eigenvalue weighted by Crippen LogP contribution is 2.31. The monoisotopic (exact) mass is 296 g/mol. The summed E-state index contributed by atoms with van der Waals surface area (Å²) in [5, 5.41) is 0. The van der Waals surface area contributed by atoms with Gasteiger partial charge < -0.3 is 14.2 Å². The van der Waals surface area contributed by atoms with Crippen LogP contribution in [0.3, 0.4) is 0 Å². The van der Waals surface area contributed by atoms with Gasteiger partial charge in [-0.25, -0.2) is 0 Å². The minimum absolute atomic E-state index is 0.0141. The largest absolute Gasteiger partial charge is 0.497 e. The van der Waals surface area contributed by atoms with Crippen LogP contribution >= 0.6 is 0 Å². The van der Waals surface area contributed by atoms with Crippen molar-refractivity contribution in [2.75, 3.05) is 20.8 Å². The van der Waals surface area contributed by atoms with Crippen molar-refractivity contribution in [1.29, 1.82) is 0 Å². The molecule has 0 N–H and O–H groups in total. The zero-order valence-corrected chi connectivity index (χ0v) is 12.5. The lowest BCUT2D eigenvalue weighted by Gasteiger charge is -2.19. The van der Waals surface area contributed by atoms with Crippen molar-refractivity contribution >= 4 is 11.9 Å². The lowest BCUT2D eigenvalue weighted by Crippen LogP contribution is -2.19. The molecule has 2 aromatic rings. The molecule has 0 fully saturated rings. The van der Waals surface area contributed by atoms with Crippen LogP contribution in [0.4, 0.5) is 0 Å². The molecule has 0 aromatic heterocycles. The Morgan fingerprint density at radius 2 is 1.68 bits per heavy atom. The van der Waals surface area contributed by atoms with Gasteiger partial charge in [0, 0.05) is 11.6 Å². The van der Waals surface area contributed by atoms with Crippen molar-refractivity contribution in [2.45, 2.75) is 0 Å². The maximum Gasteiger partial charge on any atom is 0.196 e. The topological polar surface area (TPSA) is 44.8 Å². The van der Waals surface area contributed by atoms with Gasteiger partial charge in [0.05, 0.1) is 19.8 Å². The number of Topliss-reactive ketones (excluding diaryl/α,β-unsaturated/α-hetero) is 1. The minimum Gasteiger partial charge on any atom is -0.497 e. The molecule has 1 heterocycles. The molecule has 22 heavy (non-hydrogen) atoms. The van der Waals surface area contributed by atoms with Crippen molar-refractivity contribution < 1.29 is 19.0 Å². The van der Waals surface area contributed by atoms with E-state index in [2.05, 4.69) is 0 Å².